The van der Waals surface area contributed by atoms with Gasteiger partial charge in [0.2, 0.25) is 11.9 Å². The molecule has 164 valence electrons. The van der Waals surface area contributed by atoms with Crippen LogP contribution in [0, 0.1) is 5.82 Å². The lowest BCUT2D eigenvalue weighted by molar-refractivity contribution is -0.137. The summed E-state index contributed by atoms with van der Waals surface area (Å²) < 4.78 is 21.5. The Labute approximate surface area is 184 Å². The topological polar surface area (TPSA) is 75.9 Å². The summed E-state index contributed by atoms with van der Waals surface area (Å²) in [5.74, 6) is 0.626. The van der Waals surface area contributed by atoms with Crippen molar-refractivity contribution in [3.63, 3.8) is 0 Å². The fourth-order valence-corrected chi connectivity index (χ4v) is 4.31. The highest BCUT2D eigenvalue weighted by Gasteiger charge is 2.30. The normalized spacial score (nSPS) is 16.8. The number of fused-ring (bicyclic) bond motifs is 3. The second kappa shape index (κ2) is 8.16. The molecule has 5 rings (SSSR count). The molecule has 0 saturated carbocycles. The summed E-state index contributed by atoms with van der Waals surface area (Å²) >= 11 is 0. The predicted molar refractivity (Wildman–Crippen MR) is 119 cm³/mol. The molecule has 0 bridgehead atoms. The van der Waals surface area contributed by atoms with Crippen molar-refractivity contribution in [1.29, 1.82) is 0 Å². The highest BCUT2D eigenvalue weighted by molar-refractivity contribution is 5.93. The van der Waals surface area contributed by atoms with Gasteiger partial charge in [-0.2, -0.15) is 0 Å². The van der Waals surface area contributed by atoms with E-state index in [4.69, 9.17) is 9.72 Å². The van der Waals surface area contributed by atoms with E-state index in [0.717, 1.165) is 10.9 Å². The number of rotatable bonds is 4. The molecule has 2 aromatic heterocycles. The Morgan fingerprint density at radius 1 is 1.12 bits per heavy atom. The first-order chi connectivity index (χ1) is 15.6. The summed E-state index contributed by atoms with van der Waals surface area (Å²) in [6, 6.07) is 14.2. The van der Waals surface area contributed by atoms with E-state index in [2.05, 4.69) is 15.1 Å². The van der Waals surface area contributed by atoms with E-state index in [-0.39, 0.29) is 24.4 Å². The largest absolute Gasteiger partial charge is 0.375 e. The van der Waals surface area contributed by atoms with Crippen LogP contribution in [0.15, 0.2) is 48.5 Å². The third-order valence-corrected chi connectivity index (χ3v) is 5.84. The molecule has 2 aromatic carbocycles. The van der Waals surface area contributed by atoms with Gasteiger partial charge in [-0.15, -0.1) is 10.2 Å². The van der Waals surface area contributed by atoms with Crippen molar-refractivity contribution in [2.75, 3.05) is 38.3 Å². The molecular weight excluding hydrogens is 411 g/mol. The number of carbonyl (C=O) groups excluding carboxylic acids is 1. The molecule has 0 radical (unpaired) electrons. The number of hydrogen-bond donors (Lipinski definition) is 0. The number of anilines is 1. The molecule has 1 saturated heterocycles. The number of hydrogen-bond acceptors (Lipinski definition) is 6. The van der Waals surface area contributed by atoms with Crippen molar-refractivity contribution < 1.29 is 13.9 Å². The summed E-state index contributed by atoms with van der Waals surface area (Å²) in [4.78, 5) is 21.2. The van der Waals surface area contributed by atoms with E-state index in [9.17, 15) is 9.18 Å². The van der Waals surface area contributed by atoms with Crippen LogP contribution in [0.5, 0.6) is 0 Å². The third kappa shape index (κ3) is 3.34. The first kappa shape index (κ1) is 20.3. The molecular formula is C23H23FN6O2. The zero-order chi connectivity index (χ0) is 22.2. The van der Waals surface area contributed by atoms with Crippen LogP contribution in [-0.4, -0.2) is 69.8 Å². The molecule has 1 aliphatic heterocycles. The number of amides is 1. The van der Waals surface area contributed by atoms with Crippen molar-refractivity contribution in [2.24, 2.45) is 0 Å². The van der Waals surface area contributed by atoms with Crippen molar-refractivity contribution in [2.45, 2.75) is 13.0 Å². The van der Waals surface area contributed by atoms with Gasteiger partial charge in [0.1, 0.15) is 12.4 Å². The Kier molecular flexibility index (Phi) is 5.18. The Hall–Kier alpha value is -3.59. The van der Waals surface area contributed by atoms with Crippen molar-refractivity contribution in [1.82, 2.24) is 24.5 Å². The molecule has 9 heteroatoms. The number of carbonyl (C=O) groups is 1. The fraction of sp³-hybridized carbons (Fsp3) is 0.304. The lowest BCUT2D eigenvalue weighted by Gasteiger charge is -2.40. The summed E-state index contributed by atoms with van der Waals surface area (Å²) in [5.41, 5.74) is 1.77. The van der Waals surface area contributed by atoms with Crippen LogP contribution < -0.4 is 4.90 Å². The van der Waals surface area contributed by atoms with E-state index in [0.29, 0.717) is 42.6 Å². The molecule has 32 heavy (non-hydrogen) atoms. The number of para-hydroxylation sites is 1. The van der Waals surface area contributed by atoms with Crippen LogP contribution >= 0.6 is 0 Å². The second-order valence-corrected chi connectivity index (χ2v) is 7.91. The Balaban J connectivity index is 1.64. The van der Waals surface area contributed by atoms with Crippen LogP contribution in [0.4, 0.5) is 10.3 Å². The predicted octanol–water partition coefficient (Wildman–Crippen LogP) is 2.77. The van der Waals surface area contributed by atoms with Gasteiger partial charge in [-0.05, 0) is 31.2 Å². The summed E-state index contributed by atoms with van der Waals surface area (Å²) in [6.07, 6.45) is 0. The quantitative estimate of drug-likeness (QED) is 0.492. The summed E-state index contributed by atoms with van der Waals surface area (Å²) in [6.45, 7) is 3.75. The lowest BCUT2D eigenvalue weighted by Crippen LogP contribution is -2.55. The van der Waals surface area contributed by atoms with Gasteiger partial charge in [0.25, 0.3) is 0 Å². The van der Waals surface area contributed by atoms with Crippen LogP contribution in [0.2, 0.25) is 0 Å². The molecule has 0 N–H and O–H groups in total. The maximum Gasteiger partial charge on any atom is 0.248 e. The molecule has 1 atom stereocenters. The number of halogens is 1. The van der Waals surface area contributed by atoms with Gasteiger partial charge in [-0.25, -0.2) is 13.8 Å². The first-order valence-electron chi connectivity index (χ1n) is 10.5. The van der Waals surface area contributed by atoms with Gasteiger partial charge in [0, 0.05) is 38.2 Å². The van der Waals surface area contributed by atoms with Crippen LogP contribution in [0.25, 0.3) is 27.9 Å². The molecule has 4 aromatic rings. The second-order valence-electron chi connectivity index (χ2n) is 7.91. The number of benzene rings is 2. The Morgan fingerprint density at radius 2 is 1.91 bits per heavy atom. The van der Waals surface area contributed by atoms with E-state index in [1.54, 1.807) is 18.2 Å². The number of methoxy groups -OCH3 is 1. The first-order valence-corrected chi connectivity index (χ1v) is 10.5. The minimum absolute atomic E-state index is 0.0346. The number of aromatic nitrogens is 4. The monoisotopic (exact) mass is 434 g/mol. The van der Waals surface area contributed by atoms with Crippen molar-refractivity contribution in [3.05, 3.63) is 54.3 Å². The highest BCUT2D eigenvalue weighted by Crippen LogP contribution is 2.30. The SMILES string of the molecule is COCC(=O)N1CCN(c2nc3ccccc3c3nnc(-c4ccccc4F)n23)C[C@@H]1C. The van der Waals surface area contributed by atoms with Crippen LogP contribution in [0.1, 0.15) is 6.92 Å². The van der Waals surface area contributed by atoms with Gasteiger partial charge >= 0.3 is 0 Å². The fourth-order valence-electron chi connectivity index (χ4n) is 4.31. The Bertz CT molecular complexity index is 1310. The van der Waals surface area contributed by atoms with E-state index >= 15 is 0 Å². The molecule has 0 unspecified atom stereocenters. The zero-order valence-corrected chi connectivity index (χ0v) is 17.9. The molecule has 0 aliphatic carbocycles. The number of ether oxygens (including phenoxy) is 1. The Morgan fingerprint density at radius 3 is 2.69 bits per heavy atom. The van der Waals surface area contributed by atoms with Gasteiger partial charge in [0.05, 0.1) is 11.1 Å². The number of piperazine rings is 1. The molecule has 1 amide bonds. The summed E-state index contributed by atoms with van der Waals surface area (Å²) in [5, 5.41) is 9.59. The van der Waals surface area contributed by atoms with Gasteiger partial charge in [0.15, 0.2) is 11.5 Å². The average Bonchev–Trinajstić information content (AvgIpc) is 3.24. The van der Waals surface area contributed by atoms with E-state index in [1.807, 2.05) is 40.5 Å². The van der Waals surface area contributed by atoms with E-state index < -0.39 is 0 Å². The third-order valence-electron chi connectivity index (χ3n) is 5.84. The van der Waals surface area contributed by atoms with Gasteiger partial charge < -0.3 is 14.5 Å². The average molecular weight is 434 g/mol. The minimum Gasteiger partial charge on any atom is -0.375 e. The molecule has 3 heterocycles. The van der Waals surface area contributed by atoms with Gasteiger partial charge in [-0.3, -0.25) is 4.79 Å². The lowest BCUT2D eigenvalue weighted by atomic mass is 10.1. The molecule has 0 spiro atoms. The minimum atomic E-state index is -0.371. The maximum absolute atomic E-state index is 14.7. The highest BCUT2D eigenvalue weighted by atomic mass is 19.1. The number of nitrogens with zero attached hydrogens (tertiary/aromatic N) is 6. The standard InChI is InChI=1S/C23H23FN6O2/c1-15-13-28(11-12-29(15)20(31)14-32-2)23-25-19-10-6-4-8-17(19)22-27-26-21(30(22)23)16-7-3-5-9-18(16)24/h3-10,15H,11-14H2,1-2H3/t15-/m0/s1. The van der Waals surface area contributed by atoms with Crippen molar-refractivity contribution >= 4 is 28.4 Å². The molecule has 8 nitrogen and oxygen atoms in total. The van der Waals surface area contributed by atoms with Crippen molar-refractivity contribution in [3.8, 4) is 11.4 Å². The summed E-state index contributed by atoms with van der Waals surface area (Å²) in [7, 11) is 1.52. The van der Waals surface area contributed by atoms with E-state index in [1.165, 1.54) is 13.2 Å². The molecule has 1 aliphatic rings. The van der Waals surface area contributed by atoms with Crippen LogP contribution in [0.3, 0.4) is 0 Å². The maximum atomic E-state index is 14.7. The van der Waals surface area contributed by atoms with Gasteiger partial charge in [-0.1, -0.05) is 24.3 Å². The zero-order valence-electron chi connectivity index (χ0n) is 17.9. The molecule has 1 fully saturated rings. The van der Waals surface area contributed by atoms with Crippen LogP contribution in [-0.2, 0) is 9.53 Å². The smallest absolute Gasteiger partial charge is 0.248 e.